The van der Waals surface area contributed by atoms with Crippen molar-refractivity contribution in [3.63, 3.8) is 0 Å². The van der Waals surface area contributed by atoms with Gasteiger partial charge in [0.05, 0.1) is 26.0 Å². The predicted octanol–water partition coefficient (Wildman–Crippen LogP) is 4.94. The lowest BCUT2D eigenvalue weighted by molar-refractivity contribution is -0.133. The molecule has 3 amide bonds. The average Bonchev–Trinajstić information content (AvgIpc) is 3.46. The number of morpholine rings is 1. The number of hydrogen-bond acceptors (Lipinski definition) is 5. The zero-order chi connectivity index (χ0) is 27.6. The molecule has 0 unspecified atom stereocenters. The van der Waals surface area contributed by atoms with Crippen LogP contribution < -0.4 is 5.32 Å². The fourth-order valence-corrected chi connectivity index (χ4v) is 4.39. The van der Waals surface area contributed by atoms with Gasteiger partial charge in [-0.2, -0.15) is 0 Å². The van der Waals surface area contributed by atoms with Gasteiger partial charge in [-0.05, 0) is 53.4 Å². The molecular formula is C30H37FN4O4. The molecule has 4 rings (SSSR count). The number of anilines is 1. The van der Waals surface area contributed by atoms with Crippen LogP contribution in [0.15, 0.2) is 71.3 Å². The molecule has 1 saturated heterocycles. The van der Waals surface area contributed by atoms with E-state index in [-0.39, 0.29) is 37.4 Å². The Labute approximate surface area is 229 Å². The van der Waals surface area contributed by atoms with Gasteiger partial charge in [-0.25, -0.2) is 9.18 Å². The number of ether oxygens (including phenoxy) is 1. The molecule has 1 N–H and O–H groups in total. The summed E-state index contributed by atoms with van der Waals surface area (Å²) in [6.45, 7) is 8.52. The van der Waals surface area contributed by atoms with Crippen molar-refractivity contribution in [2.75, 3.05) is 51.3 Å². The largest absolute Gasteiger partial charge is 0.467 e. The maximum absolute atomic E-state index is 13.6. The lowest BCUT2D eigenvalue weighted by Crippen LogP contribution is -2.48. The minimum atomic E-state index is -0.339. The lowest BCUT2D eigenvalue weighted by Gasteiger charge is -2.31. The summed E-state index contributed by atoms with van der Waals surface area (Å²) >= 11 is 0. The van der Waals surface area contributed by atoms with Crippen molar-refractivity contribution < 1.29 is 23.1 Å². The van der Waals surface area contributed by atoms with Crippen molar-refractivity contribution in [3.8, 4) is 0 Å². The summed E-state index contributed by atoms with van der Waals surface area (Å²) in [6, 6.07) is 17.0. The van der Waals surface area contributed by atoms with Gasteiger partial charge in [-0.15, -0.1) is 0 Å². The third-order valence-electron chi connectivity index (χ3n) is 6.80. The van der Waals surface area contributed by atoms with E-state index in [0.717, 1.165) is 18.7 Å². The summed E-state index contributed by atoms with van der Waals surface area (Å²) in [5.74, 6) is 0.441. The maximum Gasteiger partial charge on any atom is 0.322 e. The molecule has 1 aliphatic heterocycles. The van der Waals surface area contributed by atoms with E-state index < -0.39 is 0 Å². The van der Waals surface area contributed by atoms with Gasteiger partial charge in [0.2, 0.25) is 5.91 Å². The van der Waals surface area contributed by atoms with Gasteiger partial charge >= 0.3 is 6.03 Å². The van der Waals surface area contributed by atoms with Crippen molar-refractivity contribution >= 4 is 17.6 Å². The molecule has 0 atom stereocenters. The van der Waals surface area contributed by atoms with E-state index in [1.807, 2.05) is 24.3 Å². The van der Waals surface area contributed by atoms with Crippen LogP contribution in [0.3, 0.4) is 0 Å². The van der Waals surface area contributed by atoms with E-state index in [2.05, 4.69) is 24.1 Å². The standard InChI is InChI=1S/C30H37FN4O4/c1-23(2)25-7-11-27(12-8-25)32-30(37)34(14-13-33-15-18-38-19-16-33)22-29(36)35(21-28-4-3-17-39-28)20-24-5-9-26(31)10-6-24/h3-12,17,23H,13-16,18-22H2,1-2H3,(H,32,37). The molecule has 1 aromatic heterocycles. The molecule has 9 heteroatoms. The number of carbonyl (C=O) groups is 2. The summed E-state index contributed by atoms with van der Waals surface area (Å²) in [6.07, 6.45) is 1.56. The maximum atomic E-state index is 13.6. The monoisotopic (exact) mass is 536 g/mol. The van der Waals surface area contributed by atoms with Crippen LogP contribution in [0.25, 0.3) is 0 Å². The number of urea groups is 1. The quantitative estimate of drug-likeness (QED) is 0.376. The Morgan fingerprint density at radius 1 is 0.974 bits per heavy atom. The number of rotatable bonds is 11. The highest BCUT2D eigenvalue weighted by atomic mass is 19.1. The second-order valence-electron chi connectivity index (χ2n) is 10.0. The molecule has 0 spiro atoms. The molecule has 8 nitrogen and oxygen atoms in total. The molecule has 2 heterocycles. The molecule has 39 heavy (non-hydrogen) atoms. The molecule has 2 aromatic carbocycles. The van der Waals surface area contributed by atoms with Crippen LogP contribution in [0.5, 0.6) is 0 Å². The third-order valence-corrected chi connectivity index (χ3v) is 6.80. The van der Waals surface area contributed by atoms with E-state index in [9.17, 15) is 14.0 Å². The number of furan rings is 1. The van der Waals surface area contributed by atoms with Gasteiger partial charge in [0.25, 0.3) is 0 Å². The van der Waals surface area contributed by atoms with Gasteiger partial charge in [0, 0.05) is 38.4 Å². The smallest absolute Gasteiger partial charge is 0.322 e. The van der Waals surface area contributed by atoms with Crippen LogP contribution >= 0.6 is 0 Å². The topological polar surface area (TPSA) is 78.3 Å². The minimum Gasteiger partial charge on any atom is -0.467 e. The van der Waals surface area contributed by atoms with E-state index in [1.165, 1.54) is 17.7 Å². The van der Waals surface area contributed by atoms with Crippen LogP contribution in [0.2, 0.25) is 0 Å². The number of halogens is 1. The number of nitrogens with one attached hydrogen (secondary N) is 1. The summed E-state index contributed by atoms with van der Waals surface area (Å²) in [5.41, 5.74) is 2.64. The van der Waals surface area contributed by atoms with E-state index in [0.29, 0.717) is 43.7 Å². The van der Waals surface area contributed by atoms with Crippen LogP contribution in [-0.4, -0.2) is 72.6 Å². The molecule has 0 radical (unpaired) electrons. The fraction of sp³-hybridized carbons (Fsp3) is 0.400. The first-order valence-corrected chi connectivity index (χ1v) is 13.4. The lowest BCUT2D eigenvalue weighted by atomic mass is 10.0. The number of amides is 3. The Hall–Kier alpha value is -3.69. The second-order valence-corrected chi connectivity index (χ2v) is 10.0. The average molecular weight is 537 g/mol. The molecule has 1 fully saturated rings. The molecule has 208 valence electrons. The molecular weight excluding hydrogens is 499 g/mol. The van der Waals surface area contributed by atoms with E-state index in [4.69, 9.17) is 9.15 Å². The molecule has 0 aliphatic carbocycles. The van der Waals surface area contributed by atoms with Crippen molar-refractivity contribution in [3.05, 3.63) is 89.6 Å². The highest BCUT2D eigenvalue weighted by Crippen LogP contribution is 2.18. The van der Waals surface area contributed by atoms with Crippen molar-refractivity contribution in [2.24, 2.45) is 0 Å². The van der Waals surface area contributed by atoms with E-state index >= 15 is 0 Å². The van der Waals surface area contributed by atoms with Crippen molar-refractivity contribution in [1.29, 1.82) is 0 Å². The molecule has 3 aromatic rings. The molecule has 0 saturated carbocycles. The minimum absolute atomic E-state index is 0.109. The summed E-state index contributed by atoms with van der Waals surface area (Å²) in [5, 5.41) is 2.95. The Balaban J connectivity index is 1.48. The fourth-order valence-electron chi connectivity index (χ4n) is 4.39. The highest BCUT2D eigenvalue weighted by Gasteiger charge is 2.24. The van der Waals surface area contributed by atoms with Crippen LogP contribution in [-0.2, 0) is 22.6 Å². The van der Waals surface area contributed by atoms with Crippen molar-refractivity contribution in [1.82, 2.24) is 14.7 Å². The summed E-state index contributed by atoms with van der Waals surface area (Å²) < 4.78 is 24.4. The van der Waals surface area contributed by atoms with Crippen LogP contribution in [0, 0.1) is 5.82 Å². The first kappa shape index (κ1) is 28.3. The first-order valence-electron chi connectivity index (χ1n) is 13.4. The Bertz CT molecular complexity index is 1180. The Morgan fingerprint density at radius 2 is 1.69 bits per heavy atom. The molecule has 0 bridgehead atoms. The highest BCUT2D eigenvalue weighted by molar-refractivity contribution is 5.92. The molecule has 1 aliphatic rings. The summed E-state index contributed by atoms with van der Waals surface area (Å²) in [7, 11) is 0. The van der Waals surface area contributed by atoms with Gasteiger partial charge in [0.15, 0.2) is 0 Å². The van der Waals surface area contributed by atoms with Crippen LogP contribution in [0.4, 0.5) is 14.9 Å². The van der Waals surface area contributed by atoms with Gasteiger partial charge in [-0.3, -0.25) is 9.69 Å². The Kier molecular flexibility index (Phi) is 10.1. The van der Waals surface area contributed by atoms with Gasteiger partial charge in [0.1, 0.15) is 18.1 Å². The number of nitrogens with zero attached hydrogens (tertiary/aromatic N) is 3. The second kappa shape index (κ2) is 13.9. The van der Waals surface area contributed by atoms with E-state index in [1.54, 1.807) is 40.3 Å². The first-order chi connectivity index (χ1) is 18.9. The van der Waals surface area contributed by atoms with Crippen molar-refractivity contribution in [2.45, 2.75) is 32.9 Å². The zero-order valence-electron chi connectivity index (χ0n) is 22.6. The van der Waals surface area contributed by atoms with Gasteiger partial charge in [-0.1, -0.05) is 38.1 Å². The third kappa shape index (κ3) is 8.66. The number of carbonyl (C=O) groups excluding carboxylic acids is 2. The summed E-state index contributed by atoms with van der Waals surface area (Å²) in [4.78, 5) is 32.4. The number of benzene rings is 2. The Morgan fingerprint density at radius 3 is 2.33 bits per heavy atom. The SMILES string of the molecule is CC(C)c1ccc(NC(=O)N(CCN2CCOCC2)CC(=O)N(Cc2ccc(F)cc2)Cc2ccco2)cc1. The zero-order valence-corrected chi connectivity index (χ0v) is 22.6. The van der Waals surface area contributed by atoms with Crippen LogP contribution in [0.1, 0.15) is 36.7 Å². The predicted molar refractivity (Wildman–Crippen MR) is 148 cm³/mol. The number of hydrogen-bond donors (Lipinski definition) is 1. The normalized spacial score (nSPS) is 13.8. The van der Waals surface area contributed by atoms with Gasteiger partial charge < -0.3 is 24.3 Å².